The molecule has 0 aromatic carbocycles. The highest BCUT2D eigenvalue weighted by Gasteiger charge is 2.48. The molecule has 2 aliphatic rings. The number of hydrogen-bond acceptors (Lipinski definition) is 3. The Kier molecular flexibility index (Phi) is 4.66. The van der Waals surface area contributed by atoms with Gasteiger partial charge in [0.1, 0.15) is 6.04 Å². The Hall–Kier alpha value is -1.54. The molecular formula is C15H22N2O3. The van der Waals surface area contributed by atoms with Crippen molar-refractivity contribution < 1.29 is 14.7 Å². The van der Waals surface area contributed by atoms with Crippen molar-refractivity contribution in [2.75, 3.05) is 6.54 Å². The van der Waals surface area contributed by atoms with Gasteiger partial charge in [0.25, 0.3) is 0 Å². The zero-order valence-electron chi connectivity index (χ0n) is 11.8. The summed E-state index contributed by atoms with van der Waals surface area (Å²) in [6.07, 6.45) is 10.1. The van der Waals surface area contributed by atoms with E-state index in [2.05, 4.69) is 11.2 Å². The maximum absolute atomic E-state index is 12.1. The van der Waals surface area contributed by atoms with Crippen molar-refractivity contribution in [2.45, 2.75) is 57.2 Å². The normalized spacial score (nSPS) is 31.1. The molecule has 0 spiro atoms. The van der Waals surface area contributed by atoms with Crippen LogP contribution in [0.5, 0.6) is 0 Å². The lowest BCUT2D eigenvalue weighted by Crippen LogP contribution is -2.53. The Balaban J connectivity index is 2.14. The molecule has 2 fully saturated rings. The summed E-state index contributed by atoms with van der Waals surface area (Å²) in [4.78, 5) is 25.5. The van der Waals surface area contributed by atoms with Gasteiger partial charge in [-0.3, -0.25) is 14.5 Å². The zero-order valence-corrected chi connectivity index (χ0v) is 11.8. The lowest BCUT2D eigenvalue weighted by Gasteiger charge is -2.36. The molecule has 0 aromatic heterocycles. The van der Waals surface area contributed by atoms with E-state index in [4.69, 9.17) is 6.42 Å². The largest absolute Gasteiger partial charge is 0.480 e. The smallest absolute Gasteiger partial charge is 0.320 e. The predicted octanol–water partition coefficient (Wildman–Crippen LogP) is 0.842. The minimum atomic E-state index is -0.823. The quantitative estimate of drug-likeness (QED) is 0.748. The summed E-state index contributed by atoms with van der Waals surface area (Å²) < 4.78 is 0. The fraction of sp³-hybridized carbons (Fsp3) is 0.733. The van der Waals surface area contributed by atoms with Crippen molar-refractivity contribution >= 4 is 11.9 Å². The van der Waals surface area contributed by atoms with Gasteiger partial charge in [-0.2, -0.15) is 0 Å². The van der Waals surface area contributed by atoms with Crippen LogP contribution in [0.3, 0.4) is 0 Å². The van der Waals surface area contributed by atoms with Crippen LogP contribution in [-0.2, 0) is 9.59 Å². The summed E-state index contributed by atoms with van der Waals surface area (Å²) in [5, 5.41) is 12.1. The summed E-state index contributed by atoms with van der Waals surface area (Å²) in [6, 6.07) is -0.774. The fourth-order valence-corrected chi connectivity index (χ4v) is 3.70. The molecule has 1 heterocycles. The highest BCUT2D eigenvalue weighted by molar-refractivity contribution is 5.83. The number of carboxylic acids is 1. The lowest BCUT2D eigenvalue weighted by atomic mass is 9.84. The number of carbonyl (C=O) groups excluding carboxylic acids is 1. The van der Waals surface area contributed by atoms with E-state index in [1.807, 2.05) is 4.90 Å². The highest BCUT2D eigenvalue weighted by atomic mass is 16.4. The monoisotopic (exact) mass is 278 g/mol. The number of terminal acetylenes is 1. The summed E-state index contributed by atoms with van der Waals surface area (Å²) in [6.45, 7) is 1.96. The van der Waals surface area contributed by atoms with Crippen LogP contribution in [0.25, 0.3) is 0 Å². The molecule has 4 unspecified atom stereocenters. The maximum Gasteiger partial charge on any atom is 0.320 e. The second-order valence-corrected chi connectivity index (χ2v) is 5.75. The van der Waals surface area contributed by atoms with Gasteiger partial charge < -0.3 is 10.4 Å². The Morgan fingerprint density at radius 1 is 1.45 bits per heavy atom. The molecule has 20 heavy (non-hydrogen) atoms. The van der Waals surface area contributed by atoms with Gasteiger partial charge >= 0.3 is 5.97 Å². The number of carbonyl (C=O) groups is 2. The van der Waals surface area contributed by atoms with Gasteiger partial charge in [0.15, 0.2) is 0 Å². The molecule has 0 aromatic rings. The third-order valence-corrected chi connectivity index (χ3v) is 4.61. The van der Waals surface area contributed by atoms with Crippen LogP contribution < -0.4 is 5.32 Å². The molecule has 0 radical (unpaired) electrons. The van der Waals surface area contributed by atoms with E-state index in [1.165, 1.54) is 6.42 Å². The predicted molar refractivity (Wildman–Crippen MR) is 74.9 cm³/mol. The number of nitrogens with zero attached hydrogens (tertiary/aromatic N) is 1. The Labute approximate surface area is 119 Å². The van der Waals surface area contributed by atoms with Gasteiger partial charge in [-0.05, 0) is 32.1 Å². The van der Waals surface area contributed by atoms with Crippen molar-refractivity contribution in [3.63, 3.8) is 0 Å². The topological polar surface area (TPSA) is 69.6 Å². The van der Waals surface area contributed by atoms with Crippen molar-refractivity contribution in [3.8, 4) is 12.3 Å². The molecular weight excluding hydrogens is 256 g/mol. The number of aliphatic carboxylic acids is 1. The molecule has 1 aliphatic carbocycles. The third kappa shape index (κ3) is 2.80. The number of hydrogen-bond donors (Lipinski definition) is 2. The molecule has 1 saturated heterocycles. The first-order valence-electron chi connectivity index (χ1n) is 7.27. The average molecular weight is 278 g/mol. The highest BCUT2D eigenvalue weighted by Crippen LogP contribution is 2.40. The molecule has 5 heteroatoms. The molecule has 0 bridgehead atoms. The number of rotatable bonds is 4. The van der Waals surface area contributed by atoms with Crippen molar-refractivity contribution in [3.05, 3.63) is 0 Å². The molecule has 4 atom stereocenters. The van der Waals surface area contributed by atoms with Crippen LogP contribution in [0.4, 0.5) is 0 Å². The summed E-state index contributed by atoms with van der Waals surface area (Å²) in [5.74, 6) is 1.77. The van der Waals surface area contributed by atoms with Crippen LogP contribution in [0.2, 0.25) is 0 Å². The fourth-order valence-electron chi connectivity index (χ4n) is 3.70. The Morgan fingerprint density at radius 2 is 2.15 bits per heavy atom. The first kappa shape index (κ1) is 14.9. The Morgan fingerprint density at radius 3 is 2.80 bits per heavy atom. The van der Waals surface area contributed by atoms with Crippen LogP contribution in [-0.4, -0.2) is 46.6 Å². The number of fused-ring (bicyclic) bond motifs is 1. The summed E-state index contributed by atoms with van der Waals surface area (Å²) in [5.41, 5.74) is 0. The van der Waals surface area contributed by atoms with Crippen LogP contribution in [0.1, 0.15) is 39.0 Å². The number of nitrogens with one attached hydrogen (secondary N) is 1. The molecule has 5 nitrogen and oxygen atoms in total. The summed E-state index contributed by atoms with van der Waals surface area (Å²) >= 11 is 0. The van der Waals surface area contributed by atoms with Crippen LogP contribution >= 0.6 is 0 Å². The number of carboxylic acid groups (broad SMARTS) is 1. The molecule has 2 rings (SSSR count). The average Bonchev–Trinajstić information content (AvgIpc) is 2.83. The van der Waals surface area contributed by atoms with Crippen LogP contribution in [0.15, 0.2) is 0 Å². The van der Waals surface area contributed by atoms with E-state index in [0.717, 1.165) is 19.3 Å². The van der Waals surface area contributed by atoms with E-state index in [9.17, 15) is 14.7 Å². The summed E-state index contributed by atoms with van der Waals surface area (Å²) in [7, 11) is 0. The zero-order chi connectivity index (χ0) is 14.7. The first-order chi connectivity index (χ1) is 9.56. The third-order valence-electron chi connectivity index (χ3n) is 4.61. The van der Waals surface area contributed by atoms with Gasteiger partial charge in [-0.1, -0.05) is 18.8 Å². The minimum absolute atomic E-state index is 0.180. The molecule has 110 valence electrons. The van der Waals surface area contributed by atoms with E-state index in [0.29, 0.717) is 12.3 Å². The minimum Gasteiger partial charge on any atom is -0.480 e. The number of amides is 1. The standard InChI is InChI=1S/C15H22N2O3/c1-3-8-16-14(18)10(2)17-12-7-5-4-6-11(12)9-13(17)15(19)20/h1,10-13H,4-9H2,2H3,(H,16,18)(H,19,20). The van der Waals surface area contributed by atoms with Crippen molar-refractivity contribution in [1.29, 1.82) is 0 Å². The molecule has 1 amide bonds. The SMILES string of the molecule is C#CCNC(=O)C(C)N1C(C(=O)O)CC2CCCCC21. The van der Waals surface area contributed by atoms with Gasteiger partial charge in [-0.15, -0.1) is 6.42 Å². The van der Waals surface area contributed by atoms with Gasteiger partial charge in [-0.25, -0.2) is 0 Å². The second kappa shape index (κ2) is 6.27. The molecule has 1 aliphatic heterocycles. The molecule has 1 saturated carbocycles. The van der Waals surface area contributed by atoms with E-state index < -0.39 is 18.1 Å². The Bertz CT molecular complexity index is 429. The van der Waals surface area contributed by atoms with E-state index in [1.54, 1.807) is 6.92 Å². The van der Waals surface area contributed by atoms with E-state index in [-0.39, 0.29) is 18.5 Å². The van der Waals surface area contributed by atoms with E-state index >= 15 is 0 Å². The first-order valence-corrected chi connectivity index (χ1v) is 7.27. The van der Waals surface area contributed by atoms with Gasteiger partial charge in [0.2, 0.25) is 5.91 Å². The van der Waals surface area contributed by atoms with Crippen molar-refractivity contribution in [1.82, 2.24) is 10.2 Å². The van der Waals surface area contributed by atoms with Crippen LogP contribution in [0, 0.1) is 18.3 Å². The second-order valence-electron chi connectivity index (χ2n) is 5.75. The van der Waals surface area contributed by atoms with Gasteiger partial charge in [0.05, 0.1) is 12.6 Å². The number of likely N-dealkylation sites (tertiary alicyclic amines) is 1. The maximum atomic E-state index is 12.1. The van der Waals surface area contributed by atoms with Gasteiger partial charge in [0, 0.05) is 6.04 Å². The van der Waals surface area contributed by atoms with Crippen molar-refractivity contribution in [2.24, 2.45) is 5.92 Å². The lowest BCUT2D eigenvalue weighted by molar-refractivity contribution is -0.144. The molecule has 2 N–H and O–H groups in total.